The molecule has 1 aliphatic rings. The fourth-order valence-electron chi connectivity index (χ4n) is 5.25. The van der Waals surface area contributed by atoms with Crippen LogP contribution in [0.2, 0.25) is 0 Å². The number of anilines is 3. The summed E-state index contributed by atoms with van der Waals surface area (Å²) in [4.78, 5) is 43.8. The number of halogens is 1. The van der Waals surface area contributed by atoms with E-state index in [4.69, 9.17) is 10.5 Å². The Morgan fingerprint density at radius 1 is 1.11 bits per heavy atom. The lowest BCUT2D eigenvalue weighted by Crippen LogP contribution is -2.21. The number of benzene rings is 2. The first-order valence-corrected chi connectivity index (χ1v) is 14.2. The van der Waals surface area contributed by atoms with Gasteiger partial charge in [-0.15, -0.1) is 0 Å². The maximum Gasteiger partial charge on any atom is 0.338 e. The van der Waals surface area contributed by atoms with Crippen LogP contribution in [-0.2, 0) is 18.4 Å². The lowest BCUT2D eigenvalue weighted by molar-refractivity contribution is 0.0473. The van der Waals surface area contributed by atoms with Crippen LogP contribution in [0.4, 0.5) is 22.0 Å². The zero-order valence-corrected chi connectivity index (χ0v) is 24.0. The number of carbonyl (C=O) groups is 1. The largest absolute Gasteiger partial charge is 0.457 e. The molecule has 224 valence electrons. The molecule has 0 spiro atoms. The Labute approximate surface area is 255 Å². The number of esters is 1. The number of nitrogens with one attached hydrogen (secondary N) is 1. The summed E-state index contributed by atoms with van der Waals surface area (Å²) in [6.45, 7) is -0.267. The molecule has 2 aromatic carbocycles. The number of rotatable bonds is 8. The minimum atomic E-state index is -0.600. The number of aromatic nitrogens is 7. The SMILES string of the molecule is Cn1cc(Nc2nc(N)nc(-c3cccc(-n4ccc5cc(C6CC6)cc(F)c5c4=O)c3COC(=O)c3ccncc3)n2)cn1. The van der Waals surface area contributed by atoms with Crippen molar-refractivity contribution in [2.45, 2.75) is 25.4 Å². The van der Waals surface area contributed by atoms with Gasteiger partial charge in [0.15, 0.2) is 5.82 Å². The number of aryl methyl sites for hydroxylation is 1. The van der Waals surface area contributed by atoms with Crippen LogP contribution in [0.25, 0.3) is 27.8 Å². The molecule has 1 aliphatic carbocycles. The molecule has 13 heteroatoms. The topological polar surface area (TPSA) is 156 Å². The zero-order valence-electron chi connectivity index (χ0n) is 24.0. The Morgan fingerprint density at radius 2 is 1.93 bits per heavy atom. The lowest BCUT2D eigenvalue weighted by atomic mass is 10.0. The molecule has 4 heterocycles. The van der Waals surface area contributed by atoms with Crippen LogP contribution < -0.4 is 16.6 Å². The molecular weight excluding hydrogens is 577 g/mol. The molecule has 1 saturated carbocycles. The van der Waals surface area contributed by atoms with Gasteiger partial charge in [-0.25, -0.2) is 9.18 Å². The summed E-state index contributed by atoms with van der Waals surface area (Å²) in [6.07, 6.45) is 9.92. The first kappa shape index (κ1) is 27.8. The highest BCUT2D eigenvalue weighted by Gasteiger charge is 2.26. The summed E-state index contributed by atoms with van der Waals surface area (Å²) in [5, 5.41) is 7.68. The third-order valence-electron chi connectivity index (χ3n) is 7.56. The normalized spacial score (nSPS) is 12.8. The molecule has 0 atom stereocenters. The van der Waals surface area contributed by atoms with Gasteiger partial charge in [0.2, 0.25) is 11.9 Å². The summed E-state index contributed by atoms with van der Waals surface area (Å²) in [7, 11) is 1.77. The van der Waals surface area contributed by atoms with Gasteiger partial charge in [-0.2, -0.15) is 20.1 Å². The Kier molecular flexibility index (Phi) is 6.96. The maximum absolute atomic E-state index is 15.4. The molecule has 0 saturated heterocycles. The Bertz CT molecular complexity index is 2140. The van der Waals surface area contributed by atoms with Gasteiger partial charge in [0.25, 0.3) is 5.56 Å². The molecule has 0 amide bonds. The third kappa shape index (κ3) is 5.58. The second-order valence-electron chi connectivity index (χ2n) is 10.7. The summed E-state index contributed by atoms with van der Waals surface area (Å²) in [5.74, 6) is -0.585. The number of hydrogen-bond donors (Lipinski definition) is 2. The first-order valence-electron chi connectivity index (χ1n) is 14.2. The van der Waals surface area contributed by atoms with E-state index in [1.54, 1.807) is 54.6 Å². The summed E-state index contributed by atoms with van der Waals surface area (Å²) in [5.41, 5.74) is 8.53. The molecule has 0 bridgehead atoms. The van der Waals surface area contributed by atoms with Crippen molar-refractivity contribution in [2.24, 2.45) is 7.05 Å². The van der Waals surface area contributed by atoms with E-state index in [0.29, 0.717) is 39.4 Å². The minimum Gasteiger partial charge on any atom is -0.457 e. The second kappa shape index (κ2) is 11.3. The lowest BCUT2D eigenvalue weighted by Gasteiger charge is -2.17. The summed E-state index contributed by atoms with van der Waals surface area (Å²) < 4.78 is 24.1. The highest BCUT2D eigenvalue weighted by molar-refractivity contribution is 5.89. The van der Waals surface area contributed by atoms with Gasteiger partial charge in [-0.3, -0.25) is 19.0 Å². The quantitative estimate of drug-likeness (QED) is 0.234. The fourth-order valence-corrected chi connectivity index (χ4v) is 5.25. The Morgan fingerprint density at radius 3 is 2.69 bits per heavy atom. The standard InChI is InChI=1S/C32H26FN9O3/c1-41-16-22(15-36-41)37-32-39-28(38-31(34)40-32)23-3-2-4-26(24(23)17-45-30(44)19-7-10-35-11-8-19)42-12-9-20-13-21(18-5-6-18)14-25(33)27(20)29(42)43/h2-4,7-16,18H,5-6,17H2,1H3,(H3,34,37,38,39,40). The molecule has 45 heavy (non-hydrogen) atoms. The Hall–Kier alpha value is -5.98. The van der Waals surface area contributed by atoms with Crippen LogP contribution in [0.5, 0.6) is 0 Å². The molecule has 1 fully saturated rings. The van der Waals surface area contributed by atoms with E-state index >= 15 is 4.39 Å². The Balaban J connectivity index is 1.35. The van der Waals surface area contributed by atoms with E-state index < -0.39 is 17.3 Å². The van der Waals surface area contributed by atoms with Crippen LogP contribution in [0.3, 0.4) is 0 Å². The average molecular weight is 604 g/mol. The molecule has 0 unspecified atom stereocenters. The molecule has 12 nitrogen and oxygen atoms in total. The number of nitrogens with zero attached hydrogens (tertiary/aromatic N) is 7. The number of ether oxygens (including phenoxy) is 1. The van der Waals surface area contributed by atoms with E-state index in [1.165, 1.54) is 35.2 Å². The highest BCUT2D eigenvalue weighted by atomic mass is 19.1. The van der Waals surface area contributed by atoms with Gasteiger partial charge in [-0.05, 0) is 60.0 Å². The van der Waals surface area contributed by atoms with Crippen molar-refractivity contribution in [3.63, 3.8) is 0 Å². The van der Waals surface area contributed by atoms with Crippen LogP contribution in [0, 0.1) is 5.82 Å². The van der Waals surface area contributed by atoms with E-state index in [-0.39, 0.29) is 29.7 Å². The van der Waals surface area contributed by atoms with Gasteiger partial charge >= 0.3 is 5.97 Å². The second-order valence-corrected chi connectivity index (χ2v) is 10.7. The van der Waals surface area contributed by atoms with E-state index in [1.807, 2.05) is 6.07 Å². The molecule has 0 aliphatic heterocycles. The summed E-state index contributed by atoms with van der Waals surface area (Å²) >= 11 is 0. The molecule has 0 radical (unpaired) electrons. The van der Waals surface area contributed by atoms with Crippen LogP contribution in [-0.4, -0.2) is 40.3 Å². The van der Waals surface area contributed by atoms with Crippen molar-refractivity contribution in [3.8, 4) is 17.1 Å². The molecule has 4 aromatic heterocycles. The van der Waals surface area contributed by atoms with E-state index in [9.17, 15) is 9.59 Å². The number of carbonyl (C=O) groups excluding carboxylic acids is 1. The van der Waals surface area contributed by atoms with Crippen molar-refractivity contribution in [1.29, 1.82) is 0 Å². The maximum atomic E-state index is 15.4. The first-order chi connectivity index (χ1) is 21.8. The van der Waals surface area contributed by atoms with Crippen LogP contribution in [0.1, 0.15) is 40.2 Å². The third-order valence-corrected chi connectivity index (χ3v) is 7.56. The van der Waals surface area contributed by atoms with Crippen LogP contribution >= 0.6 is 0 Å². The number of nitrogens with two attached hydrogens (primary N) is 1. The summed E-state index contributed by atoms with van der Waals surface area (Å²) in [6, 6.07) is 13.2. The molecular formula is C32H26FN9O3. The number of hydrogen-bond acceptors (Lipinski definition) is 10. The molecule has 6 aromatic rings. The van der Waals surface area contributed by atoms with Crippen molar-refractivity contribution < 1.29 is 13.9 Å². The van der Waals surface area contributed by atoms with Crippen molar-refractivity contribution in [1.82, 2.24) is 34.3 Å². The predicted molar refractivity (Wildman–Crippen MR) is 165 cm³/mol. The van der Waals surface area contributed by atoms with Gasteiger partial charge in [0, 0.05) is 43.0 Å². The van der Waals surface area contributed by atoms with Crippen molar-refractivity contribution >= 4 is 34.3 Å². The monoisotopic (exact) mass is 603 g/mol. The predicted octanol–water partition coefficient (Wildman–Crippen LogP) is 4.67. The fraction of sp³-hybridized carbons (Fsp3) is 0.156. The minimum absolute atomic E-state index is 0.0283. The van der Waals surface area contributed by atoms with E-state index in [0.717, 1.165) is 18.4 Å². The highest BCUT2D eigenvalue weighted by Crippen LogP contribution is 2.41. The van der Waals surface area contributed by atoms with Gasteiger partial charge in [0.1, 0.15) is 12.4 Å². The number of pyridine rings is 2. The number of fused-ring (bicyclic) bond motifs is 1. The van der Waals surface area contributed by atoms with Crippen LogP contribution in [0.15, 0.2) is 84.3 Å². The van der Waals surface area contributed by atoms with Gasteiger partial charge < -0.3 is 15.8 Å². The van der Waals surface area contributed by atoms with Gasteiger partial charge in [0.05, 0.1) is 28.5 Å². The van der Waals surface area contributed by atoms with Gasteiger partial charge in [-0.1, -0.05) is 18.2 Å². The van der Waals surface area contributed by atoms with Crippen molar-refractivity contribution in [2.75, 3.05) is 11.1 Å². The molecule has 7 rings (SSSR count). The average Bonchev–Trinajstić information content (AvgIpc) is 3.81. The van der Waals surface area contributed by atoms with E-state index in [2.05, 4.69) is 30.4 Å². The number of nitrogen functional groups attached to an aromatic ring is 1. The molecule has 3 N–H and O–H groups in total. The smallest absolute Gasteiger partial charge is 0.338 e. The van der Waals surface area contributed by atoms with Crippen molar-refractivity contribution in [3.05, 3.63) is 112 Å². The zero-order chi connectivity index (χ0) is 31.1.